The van der Waals surface area contributed by atoms with Gasteiger partial charge >= 0.3 is 12.1 Å². The van der Waals surface area contributed by atoms with Gasteiger partial charge in [0, 0.05) is 31.2 Å². The first-order valence-corrected chi connectivity index (χ1v) is 9.59. The predicted molar refractivity (Wildman–Crippen MR) is 106 cm³/mol. The van der Waals surface area contributed by atoms with E-state index in [-0.39, 0.29) is 24.9 Å². The number of nitrogens with one attached hydrogen (secondary N) is 1. The summed E-state index contributed by atoms with van der Waals surface area (Å²) in [6, 6.07) is 3.33. The lowest BCUT2D eigenvalue weighted by Crippen LogP contribution is -2.49. The molecule has 9 heteroatoms. The molecule has 0 aromatic heterocycles. The van der Waals surface area contributed by atoms with Crippen LogP contribution in [0.2, 0.25) is 0 Å². The van der Waals surface area contributed by atoms with Crippen molar-refractivity contribution in [1.29, 1.82) is 0 Å². The molecular weight excluding hydrogens is 378 g/mol. The minimum absolute atomic E-state index is 0.0681. The Hall–Kier alpha value is -2.81. The van der Waals surface area contributed by atoms with Crippen LogP contribution in [-0.4, -0.2) is 62.4 Å². The van der Waals surface area contributed by atoms with Crippen molar-refractivity contribution in [1.82, 2.24) is 10.2 Å². The summed E-state index contributed by atoms with van der Waals surface area (Å²) in [4.78, 5) is 37.6. The van der Waals surface area contributed by atoms with Gasteiger partial charge in [-0.25, -0.2) is 4.79 Å². The molecule has 160 valence electrons. The lowest BCUT2D eigenvalue weighted by molar-refractivity contribution is -0.152. The van der Waals surface area contributed by atoms with Crippen LogP contribution in [0.15, 0.2) is 12.1 Å². The molecule has 1 atom stereocenters. The number of benzene rings is 1. The fourth-order valence-electron chi connectivity index (χ4n) is 3.13. The van der Waals surface area contributed by atoms with Crippen molar-refractivity contribution in [2.75, 3.05) is 33.5 Å². The Morgan fingerprint density at radius 2 is 2.00 bits per heavy atom. The first kappa shape index (κ1) is 22.5. The number of hydrogen-bond donors (Lipinski definition) is 2. The minimum Gasteiger partial charge on any atom is -0.496 e. The summed E-state index contributed by atoms with van der Waals surface area (Å²) < 4.78 is 15.1. The zero-order valence-electron chi connectivity index (χ0n) is 17.2. The van der Waals surface area contributed by atoms with E-state index in [4.69, 9.17) is 19.9 Å². The monoisotopic (exact) mass is 407 g/mol. The van der Waals surface area contributed by atoms with Crippen LogP contribution in [0.25, 0.3) is 0 Å². The number of methoxy groups -OCH3 is 1. The van der Waals surface area contributed by atoms with Crippen molar-refractivity contribution in [3.63, 3.8) is 0 Å². The van der Waals surface area contributed by atoms with Crippen LogP contribution < -0.4 is 15.8 Å². The maximum Gasteiger partial charge on any atom is 0.412 e. The number of carbonyl (C=O) groups excluding carboxylic acids is 3. The second-order valence-corrected chi connectivity index (χ2v) is 6.96. The zero-order chi connectivity index (χ0) is 21.4. The van der Waals surface area contributed by atoms with Crippen LogP contribution in [-0.2, 0) is 14.3 Å². The molecular formula is C20H29N3O6. The molecule has 1 saturated heterocycles. The van der Waals surface area contributed by atoms with Crippen LogP contribution in [0.1, 0.15) is 40.7 Å². The molecule has 0 bridgehead atoms. The Balaban J connectivity index is 1.89. The van der Waals surface area contributed by atoms with Gasteiger partial charge in [0.2, 0.25) is 6.79 Å². The van der Waals surface area contributed by atoms with Gasteiger partial charge < -0.3 is 30.2 Å². The molecule has 1 aliphatic heterocycles. The first-order chi connectivity index (χ1) is 13.8. The van der Waals surface area contributed by atoms with Crippen molar-refractivity contribution in [3.05, 3.63) is 28.8 Å². The highest BCUT2D eigenvalue weighted by atomic mass is 16.7. The third-order valence-corrected chi connectivity index (χ3v) is 4.87. The highest BCUT2D eigenvalue weighted by Gasteiger charge is 2.26. The van der Waals surface area contributed by atoms with Gasteiger partial charge in [0.25, 0.3) is 5.91 Å². The molecule has 1 heterocycles. The summed E-state index contributed by atoms with van der Waals surface area (Å²) in [7, 11) is 1.57. The van der Waals surface area contributed by atoms with E-state index in [0.29, 0.717) is 24.4 Å². The number of hydrogen-bond acceptors (Lipinski definition) is 7. The number of piperidine rings is 1. The molecule has 1 unspecified atom stereocenters. The van der Waals surface area contributed by atoms with Crippen LogP contribution in [0.3, 0.4) is 0 Å². The number of aryl methyl sites for hydroxylation is 1. The van der Waals surface area contributed by atoms with E-state index in [2.05, 4.69) is 5.32 Å². The highest BCUT2D eigenvalue weighted by Crippen LogP contribution is 2.23. The molecule has 0 spiro atoms. The fraction of sp³-hybridized carbons (Fsp3) is 0.550. The van der Waals surface area contributed by atoms with E-state index < -0.39 is 18.9 Å². The average Bonchev–Trinajstić information content (AvgIpc) is 2.70. The van der Waals surface area contributed by atoms with E-state index in [1.165, 1.54) is 4.90 Å². The van der Waals surface area contributed by atoms with Crippen molar-refractivity contribution in [2.45, 2.75) is 39.2 Å². The van der Waals surface area contributed by atoms with Crippen molar-refractivity contribution < 1.29 is 28.6 Å². The third kappa shape index (κ3) is 6.35. The quantitative estimate of drug-likeness (QED) is 0.519. The number of nitrogens with two attached hydrogens (primary N) is 1. The van der Waals surface area contributed by atoms with Gasteiger partial charge in [0.1, 0.15) is 5.75 Å². The van der Waals surface area contributed by atoms with E-state index in [0.717, 1.165) is 24.0 Å². The topological polar surface area (TPSA) is 120 Å². The SMILES string of the molecule is COc1cc(C(=O)NC2CCCN(C(=O)OCOC(=O)CCN)C2)cc(C)c1C. The number of carbonyl (C=O) groups is 3. The summed E-state index contributed by atoms with van der Waals surface area (Å²) in [6.07, 6.45) is 0.961. The summed E-state index contributed by atoms with van der Waals surface area (Å²) in [5.74, 6) is -0.0802. The Morgan fingerprint density at radius 3 is 2.69 bits per heavy atom. The van der Waals surface area contributed by atoms with Gasteiger partial charge in [-0.3, -0.25) is 9.59 Å². The van der Waals surface area contributed by atoms with Crippen LogP contribution in [0, 0.1) is 13.8 Å². The first-order valence-electron chi connectivity index (χ1n) is 9.59. The van der Waals surface area contributed by atoms with Crippen LogP contribution in [0.5, 0.6) is 5.75 Å². The van der Waals surface area contributed by atoms with Crippen molar-refractivity contribution >= 4 is 18.0 Å². The number of ether oxygens (including phenoxy) is 3. The van der Waals surface area contributed by atoms with E-state index in [1.807, 2.05) is 19.9 Å². The lowest BCUT2D eigenvalue weighted by Gasteiger charge is -2.32. The molecule has 0 radical (unpaired) electrons. The smallest absolute Gasteiger partial charge is 0.412 e. The number of nitrogens with zero attached hydrogens (tertiary/aromatic N) is 1. The van der Waals surface area contributed by atoms with E-state index >= 15 is 0 Å². The Kier molecular flexibility index (Phi) is 8.26. The van der Waals surface area contributed by atoms with Crippen LogP contribution in [0.4, 0.5) is 4.79 Å². The lowest BCUT2D eigenvalue weighted by atomic mass is 10.0. The fourth-order valence-corrected chi connectivity index (χ4v) is 3.13. The summed E-state index contributed by atoms with van der Waals surface area (Å²) in [5, 5.41) is 2.97. The Morgan fingerprint density at radius 1 is 1.24 bits per heavy atom. The average molecular weight is 407 g/mol. The van der Waals surface area contributed by atoms with Crippen molar-refractivity contribution in [3.8, 4) is 5.75 Å². The summed E-state index contributed by atoms with van der Waals surface area (Å²) in [5.41, 5.74) is 7.71. The third-order valence-electron chi connectivity index (χ3n) is 4.87. The van der Waals surface area contributed by atoms with E-state index in [9.17, 15) is 14.4 Å². The second-order valence-electron chi connectivity index (χ2n) is 6.96. The standard InChI is InChI=1S/C20H29N3O6/c1-13-9-15(10-17(27-3)14(13)2)19(25)22-16-5-4-8-23(11-16)20(26)29-12-28-18(24)6-7-21/h9-10,16H,4-8,11-12,21H2,1-3H3,(H,22,25). The molecule has 0 saturated carbocycles. The molecule has 1 aromatic carbocycles. The molecule has 0 aliphatic carbocycles. The normalized spacial score (nSPS) is 16.1. The van der Waals surface area contributed by atoms with Crippen molar-refractivity contribution in [2.24, 2.45) is 5.73 Å². The van der Waals surface area contributed by atoms with Gasteiger partial charge in [0.15, 0.2) is 0 Å². The molecule has 2 amide bonds. The van der Waals surface area contributed by atoms with Gasteiger partial charge in [-0.15, -0.1) is 0 Å². The second kappa shape index (κ2) is 10.7. The van der Waals surface area contributed by atoms with Gasteiger partial charge in [-0.1, -0.05) is 0 Å². The van der Waals surface area contributed by atoms with Crippen LogP contribution >= 0.6 is 0 Å². The zero-order valence-corrected chi connectivity index (χ0v) is 17.2. The molecule has 29 heavy (non-hydrogen) atoms. The molecule has 1 aromatic rings. The maximum atomic E-state index is 12.7. The van der Waals surface area contributed by atoms with Gasteiger partial charge in [-0.05, 0) is 49.9 Å². The molecule has 1 aliphatic rings. The number of amides is 2. The van der Waals surface area contributed by atoms with Gasteiger partial charge in [-0.2, -0.15) is 0 Å². The summed E-state index contributed by atoms with van der Waals surface area (Å²) in [6.45, 7) is 4.42. The predicted octanol–water partition coefficient (Wildman–Crippen LogP) is 1.49. The van der Waals surface area contributed by atoms with Gasteiger partial charge in [0.05, 0.1) is 13.5 Å². The number of likely N-dealkylation sites (tertiary alicyclic amines) is 1. The molecule has 9 nitrogen and oxygen atoms in total. The molecule has 2 rings (SSSR count). The molecule has 3 N–H and O–H groups in total. The Bertz CT molecular complexity index is 752. The number of esters is 1. The maximum absolute atomic E-state index is 12.7. The van der Waals surface area contributed by atoms with E-state index in [1.54, 1.807) is 13.2 Å². The minimum atomic E-state index is -0.586. The summed E-state index contributed by atoms with van der Waals surface area (Å²) >= 11 is 0. The molecule has 1 fully saturated rings. The largest absolute Gasteiger partial charge is 0.496 e. The highest BCUT2D eigenvalue weighted by molar-refractivity contribution is 5.95. The Labute approximate surface area is 170 Å². The number of rotatable bonds is 7.